The van der Waals surface area contributed by atoms with Gasteiger partial charge in [0.05, 0.1) is 10.2 Å². The first-order valence-corrected chi connectivity index (χ1v) is 20.8. The number of hydrogen-bond acceptors (Lipinski definition) is 11. The standard InChI is InChI=1S/C44H52N8O4S/c1-27(47-26-43-21-41(2)20-42(3,22-43)24-44(23-41,25-43)51-56)32(18-45)30-11-12-36(49-37(30)39(54)55)52-15-13-29-16-28(8-7-14-46-4)17-31(33(29)19-52)38(53)50-40-48-34-9-5-6-10-35(34)57-40/h5-6,9-12,16-18,46H,7-8,13-15,19-26,45H2,1-4H3,(H,54,55)(H,48,50,53). The van der Waals surface area contributed by atoms with E-state index in [0.29, 0.717) is 59.4 Å². The third-order valence-electron chi connectivity index (χ3n) is 12.8. The summed E-state index contributed by atoms with van der Waals surface area (Å²) in [5.74, 6) is -0.886. The van der Waals surface area contributed by atoms with Crippen molar-refractivity contribution in [2.45, 2.75) is 90.6 Å². The van der Waals surface area contributed by atoms with Gasteiger partial charge in [-0.15, -0.1) is 0 Å². The molecule has 1 aliphatic heterocycles. The summed E-state index contributed by atoms with van der Waals surface area (Å²) in [5.41, 5.74) is 11.6. The van der Waals surface area contributed by atoms with Crippen LogP contribution in [0.15, 0.2) is 64.9 Å². The van der Waals surface area contributed by atoms with E-state index in [4.69, 9.17) is 15.7 Å². The molecule has 5 aliphatic rings. The number of carboxylic acid groups (broad SMARTS) is 1. The number of nitrogens with one attached hydrogen (secondary N) is 2. The van der Waals surface area contributed by atoms with E-state index in [9.17, 15) is 19.6 Å². The summed E-state index contributed by atoms with van der Waals surface area (Å²) in [6, 6.07) is 15.6. The monoisotopic (exact) mass is 788 g/mol. The van der Waals surface area contributed by atoms with Gasteiger partial charge in [0.1, 0.15) is 11.4 Å². The van der Waals surface area contributed by atoms with Gasteiger partial charge < -0.3 is 21.1 Å². The van der Waals surface area contributed by atoms with Crippen LogP contribution < -0.4 is 21.3 Å². The molecule has 57 heavy (non-hydrogen) atoms. The second kappa shape index (κ2) is 14.7. The van der Waals surface area contributed by atoms with Gasteiger partial charge in [-0.25, -0.2) is 14.8 Å². The lowest BCUT2D eigenvalue weighted by Crippen LogP contribution is -2.62. The van der Waals surface area contributed by atoms with Crippen molar-refractivity contribution < 1.29 is 14.7 Å². The molecule has 12 nitrogen and oxygen atoms in total. The van der Waals surface area contributed by atoms with E-state index in [1.165, 1.54) is 17.5 Å². The number of hydrogen-bond donors (Lipinski definition) is 4. The van der Waals surface area contributed by atoms with Crippen LogP contribution in [0.1, 0.15) is 109 Å². The number of aryl methyl sites for hydroxylation is 1. The first kappa shape index (κ1) is 38.8. The Hall–Kier alpha value is -5.01. The Morgan fingerprint density at radius 3 is 2.49 bits per heavy atom. The summed E-state index contributed by atoms with van der Waals surface area (Å²) in [4.78, 5) is 55.6. The van der Waals surface area contributed by atoms with Crippen LogP contribution in [0, 0.1) is 21.2 Å². The van der Waals surface area contributed by atoms with Crippen molar-refractivity contribution in [2.24, 2.45) is 32.1 Å². The number of benzene rings is 2. The Morgan fingerprint density at radius 2 is 1.79 bits per heavy atom. The highest BCUT2D eigenvalue weighted by molar-refractivity contribution is 7.22. The minimum absolute atomic E-state index is 0.0637. The van der Waals surface area contributed by atoms with Crippen LogP contribution in [-0.2, 0) is 19.4 Å². The Morgan fingerprint density at radius 1 is 1.02 bits per heavy atom. The molecule has 2 atom stereocenters. The Kier molecular flexibility index (Phi) is 10.0. The van der Waals surface area contributed by atoms with Crippen molar-refractivity contribution in [1.82, 2.24) is 15.3 Å². The Balaban J connectivity index is 1.06. The smallest absolute Gasteiger partial charge is 0.355 e. The summed E-state index contributed by atoms with van der Waals surface area (Å²) in [7, 11) is 1.93. The normalized spacial score (nSPS) is 26.8. The topological polar surface area (TPSA) is 175 Å². The summed E-state index contributed by atoms with van der Waals surface area (Å²) in [5, 5.41) is 21.1. The molecule has 2 unspecified atom stereocenters. The molecule has 3 heterocycles. The number of carbonyl (C=O) groups is 2. The fourth-order valence-electron chi connectivity index (χ4n) is 11.8. The maximum atomic E-state index is 14.0. The van der Waals surface area contributed by atoms with E-state index in [1.807, 2.05) is 55.3 Å². The zero-order chi connectivity index (χ0) is 40.2. The highest BCUT2D eigenvalue weighted by atomic mass is 32.1. The minimum atomic E-state index is -1.17. The summed E-state index contributed by atoms with van der Waals surface area (Å²) in [6.07, 6.45) is 9.40. The SMILES string of the molecule is CNCCCc1cc2c(c(C(=O)Nc3nc4ccccc4s3)c1)CN(c1ccc(C(=CN)C(C)=NCC34CC5(C)CC(C)(C3)CC(N=O)(C5)C4)c(C(=O)O)n1)CC2. The number of pyridine rings is 1. The minimum Gasteiger partial charge on any atom is -0.476 e. The Labute approximate surface area is 337 Å². The lowest BCUT2D eigenvalue weighted by atomic mass is 9.38. The number of aliphatic imine (C=N–C) groups is 1. The number of nitrogens with two attached hydrogens (primary N) is 1. The van der Waals surface area contributed by atoms with Crippen LogP contribution in [0.2, 0.25) is 0 Å². The lowest BCUT2D eigenvalue weighted by molar-refractivity contribution is -0.150. The van der Waals surface area contributed by atoms with E-state index < -0.39 is 11.5 Å². The van der Waals surface area contributed by atoms with E-state index in [-0.39, 0.29) is 27.8 Å². The molecule has 2 aromatic heterocycles. The van der Waals surface area contributed by atoms with E-state index in [0.717, 1.165) is 84.8 Å². The van der Waals surface area contributed by atoms with Gasteiger partial charge in [0.2, 0.25) is 0 Å². The maximum absolute atomic E-state index is 14.0. The first-order valence-electron chi connectivity index (χ1n) is 20.0. The van der Waals surface area contributed by atoms with E-state index in [2.05, 4.69) is 40.7 Å². The molecule has 5 N–H and O–H groups in total. The number of amides is 1. The molecule has 4 fully saturated rings. The summed E-state index contributed by atoms with van der Waals surface area (Å²) >= 11 is 1.44. The van der Waals surface area contributed by atoms with Crippen LogP contribution in [-0.4, -0.2) is 64.9 Å². The van der Waals surface area contributed by atoms with Crippen molar-refractivity contribution >= 4 is 55.7 Å². The van der Waals surface area contributed by atoms with Gasteiger partial charge in [-0.05, 0) is 142 Å². The number of fused-ring (bicyclic) bond motifs is 2. The van der Waals surface area contributed by atoms with Crippen LogP contribution in [0.4, 0.5) is 10.9 Å². The van der Waals surface area contributed by atoms with Gasteiger partial charge in [0.15, 0.2) is 10.8 Å². The van der Waals surface area contributed by atoms with Crippen molar-refractivity contribution in [3.05, 3.63) is 93.1 Å². The third kappa shape index (κ3) is 7.47. The Bertz CT molecular complexity index is 2280. The summed E-state index contributed by atoms with van der Waals surface area (Å²) in [6.45, 7) is 8.87. The zero-order valence-corrected chi connectivity index (χ0v) is 34.1. The molecule has 4 aromatic rings. The molecule has 13 heteroatoms. The number of para-hydroxylation sites is 1. The number of anilines is 2. The van der Waals surface area contributed by atoms with Gasteiger partial charge in [0.25, 0.3) is 5.91 Å². The largest absolute Gasteiger partial charge is 0.476 e. The number of allylic oxidation sites excluding steroid dienone is 1. The van der Waals surface area contributed by atoms with Gasteiger partial charge in [-0.3, -0.25) is 15.1 Å². The number of carbonyl (C=O) groups excluding carboxylic acids is 1. The molecular formula is C44H52N8O4S. The number of carboxylic acids is 1. The van der Waals surface area contributed by atoms with Gasteiger partial charge in [-0.1, -0.05) is 48.6 Å². The number of thiazole rings is 1. The average molecular weight is 789 g/mol. The molecule has 4 bridgehead atoms. The number of aromatic nitrogens is 2. The van der Waals surface area contributed by atoms with Crippen LogP contribution in [0.25, 0.3) is 15.8 Å². The van der Waals surface area contributed by atoms with Gasteiger partial charge in [0, 0.05) is 48.2 Å². The quantitative estimate of drug-likeness (QED) is 0.0594. The van der Waals surface area contributed by atoms with Crippen molar-refractivity contribution in [2.75, 3.05) is 36.9 Å². The molecule has 2 aromatic carbocycles. The molecule has 9 rings (SSSR count). The first-order chi connectivity index (χ1) is 27.3. The highest BCUT2D eigenvalue weighted by Gasteiger charge is 2.66. The second-order valence-corrected chi connectivity index (χ2v) is 19.0. The van der Waals surface area contributed by atoms with Crippen LogP contribution >= 0.6 is 11.3 Å². The van der Waals surface area contributed by atoms with Crippen LogP contribution in [0.5, 0.6) is 0 Å². The van der Waals surface area contributed by atoms with Crippen molar-refractivity contribution in [3.8, 4) is 0 Å². The summed E-state index contributed by atoms with van der Waals surface area (Å²) < 4.78 is 0.996. The molecule has 0 radical (unpaired) electrons. The van der Waals surface area contributed by atoms with E-state index in [1.54, 1.807) is 6.07 Å². The predicted octanol–water partition coefficient (Wildman–Crippen LogP) is 8.00. The number of rotatable bonds is 13. The van der Waals surface area contributed by atoms with Crippen molar-refractivity contribution in [3.63, 3.8) is 0 Å². The van der Waals surface area contributed by atoms with Crippen LogP contribution in [0.3, 0.4) is 0 Å². The third-order valence-corrected chi connectivity index (χ3v) is 13.8. The molecular weight excluding hydrogens is 737 g/mol. The fourth-order valence-corrected chi connectivity index (χ4v) is 12.6. The number of nitroso groups, excluding NO2 is 1. The molecule has 1 amide bonds. The molecule has 4 aliphatic carbocycles. The molecule has 0 saturated heterocycles. The molecule has 298 valence electrons. The molecule has 4 saturated carbocycles. The van der Waals surface area contributed by atoms with E-state index >= 15 is 0 Å². The maximum Gasteiger partial charge on any atom is 0.355 e. The highest BCUT2D eigenvalue weighted by Crippen LogP contribution is 2.71. The second-order valence-electron chi connectivity index (χ2n) is 18.0. The molecule has 0 spiro atoms. The predicted molar refractivity (Wildman–Crippen MR) is 227 cm³/mol. The average Bonchev–Trinajstić information content (AvgIpc) is 3.58. The zero-order valence-electron chi connectivity index (χ0n) is 33.3. The number of aromatic carboxylic acids is 1. The van der Waals surface area contributed by atoms with Crippen molar-refractivity contribution in [1.29, 1.82) is 0 Å². The lowest BCUT2D eigenvalue weighted by Gasteiger charge is -2.67. The fraction of sp³-hybridized carbons (Fsp3) is 0.477. The van der Waals surface area contributed by atoms with Gasteiger partial charge >= 0.3 is 5.97 Å². The van der Waals surface area contributed by atoms with Gasteiger partial charge in [-0.2, -0.15) is 4.91 Å². The number of nitrogens with zero attached hydrogens (tertiary/aromatic N) is 5.